The molecular weight excluding hydrogens is 405 g/mol. The maximum atomic E-state index is 12.7. The molecule has 7 nitrogen and oxygen atoms in total. The summed E-state index contributed by atoms with van der Waals surface area (Å²) in [6, 6.07) is 6.95. The summed E-state index contributed by atoms with van der Waals surface area (Å²) in [6.45, 7) is 3.06. The molecule has 0 aliphatic carbocycles. The first-order chi connectivity index (χ1) is 13.3. The number of halogens is 2. The van der Waals surface area contributed by atoms with Gasteiger partial charge in [0.2, 0.25) is 6.04 Å². The average Bonchev–Trinajstić information content (AvgIpc) is 2.65. The lowest BCUT2D eigenvalue weighted by Crippen LogP contribution is -2.32. The summed E-state index contributed by atoms with van der Waals surface area (Å²) in [5.41, 5.74) is 1.35. The van der Waals surface area contributed by atoms with Crippen molar-refractivity contribution in [3.8, 4) is 11.5 Å². The number of carbonyl (C=O) groups is 2. The van der Waals surface area contributed by atoms with Gasteiger partial charge in [-0.3, -0.25) is 9.59 Å². The van der Waals surface area contributed by atoms with Crippen LogP contribution in [0.4, 0.5) is 11.4 Å². The smallest absolute Gasteiger partial charge is 0.259 e. The minimum absolute atomic E-state index is 0.192. The highest BCUT2D eigenvalue weighted by Crippen LogP contribution is 2.40. The number of carbonyl (C=O) groups excluding carboxylic acids is 2. The minimum Gasteiger partial charge on any atom is -0.494 e. The standard InChI is InChI=1S/C19H19Cl2N3O4/c1-10-6-5-7-13(15(10)21)23-24-16(11(2)25)19(26)22-17-14(27-3)9-8-12(20)18(17)28-4/h5-9,16H,1-4H3,(H,22,26). The van der Waals surface area contributed by atoms with Gasteiger partial charge in [-0.1, -0.05) is 35.3 Å². The predicted molar refractivity (Wildman–Crippen MR) is 108 cm³/mol. The molecule has 0 spiro atoms. The number of hydrogen-bond donors (Lipinski definition) is 1. The minimum atomic E-state index is -1.38. The van der Waals surface area contributed by atoms with E-state index in [1.807, 2.05) is 13.0 Å². The van der Waals surface area contributed by atoms with Crippen LogP contribution in [0.3, 0.4) is 0 Å². The summed E-state index contributed by atoms with van der Waals surface area (Å²) in [4.78, 5) is 24.7. The Labute approximate surface area is 172 Å². The Morgan fingerprint density at radius 3 is 2.43 bits per heavy atom. The molecular formula is C19H19Cl2N3O4. The van der Waals surface area contributed by atoms with E-state index >= 15 is 0 Å². The van der Waals surface area contributed by atoms with Crippen LogP contribution in [-0.4, -0.2) is 32.0 Å². The second-order valence-corrected chi connectivity index (χ2v) is 6.57. The first kappa shape index (κ1) is 21.7. The van der Waals surface area contributed by atoms with Crippen LogP contribution in [0.25, 0.3) is 0 Å². The number of ketones is 1. The third-order valence-electron chi connectivity index (χ3n) is 3.83. The topological polar surface area (TPSA) is 89.3 Å². The molecule has 2 rings (SSSR count). The number of nitrogens with one attached hydrogen (secondary N) is 1. The average molecular weight is 424 g/mol. The van der Waals surface area contributed by atoms with Crippen molar-refractivity contribution < 1.29 is 19.1 Å². The van der Waals surface area contributed by atoms with Crippen LogP contribution in [0, 0.1) is 6.92 Å². The summed E-state index contributed by atoms with van der Waals surface area (Å²) in [5.74, 6) is -0.685. The van der Waals surface area contributed by atoms with Crippen LogP contribution < -0.4 is 14.8 Å². The molecule has 0 bridgehead atoms. The summed E-state index contributed by atoms with van der Waals surface area (Å²) in [7, 11) is 2.83. The molecule has 2 aromatic rings. The Morgan fingerprint density at radius 1 is 1.11 bits per heavy atom. The molecule has 0 aliphatic heterocycles. The fourth-order valence-corrected chi connectivity index (χ4v) is 2.76. The molecule has 0 fully saturated rings. The van der Waals surface area contributed by atoms with Crippen LogP contribution in [0.5, 0.6) is 11.5 Å². The van der Waals surface area contributed by atoms with Crippen LogP contribution in [0.1, 0.15) is 12.5 Å². The zero-order chi connectivity index (χ0) is 20.8. The van der Waals surface area contributed by atoms with Gasteiger partial charge in [0, 0.05) is 0 Å². The van der Waals surface area contributed by atoms with E-state index in [2.05, 4.69) is 15.5 Å². The molecule has 1 unspecified atom stereocenters. The van der Waals surface area contributed by atoms with Gasteiger partial charge in [-0.2, -0.15) is 10.2 Å². The van der Waals surface area contributed by atoms with Crippen molar-refractivity contribution in [3.63, 3.8) is 0 Å². The highest BCUT2D eigenvalue weighted by molar-refractivity contribution is 6.33. The lowest BCUT2D eigenvalue weighted by molar-refractivity contribution is -0.126. The van der Waals surface area contributed by atoms with Gasteiger partial charge in [-0.05, 0) is 37.6 Å². The number of benzene rings is 2. The molecule has 0 aromatic heterocycles. The van der Waals surface area contributed by atoms with Crippen molar-refractivity contribution in [2.75, 3.05) is 19.5 Å². The van der Waals surface area contributed by atoms with Gasteiger partial charge >= 0.3 is 0 Å². The summed E-state index contributed by atoms with van der Waals surface area (Å²) < 4.78 is 10.5. The largest absolute Gasteiger partial charge is 0.494 e. The van der Waals surface area contributed by atoms with Crippen molar-refractivity contribution >= 4 is 46.3 Å². The van der Waals surface area contributed by atoms with E-state index in [1.165, 1.54) is 21.1 Å². The van der Waals surface area contributed by atoms with E-state index < -0.39 is 17.7 Å². The lowest BCUT2D eigenvalue weighted by Gasteiger charge is -2.16. The van der Waals surface area contributed by atoms with Gasteiger partial charge in [0.25, 0.3) is 5.91 Å². The Hall–Kier alpha value is -2.64. The summed E-state index contributed by atoms with van der Waals surface area (Å²) >= 11 is 12.3. The van der Waals surface area contributed by atoms with E-state index in [9.17, 15) is 9.59 Å². The first-order valence-electron chi connectivity index (χ1n) is 8.17. The maximum absolute atomic E-state index is 12.7. The quantitative estimate of drug-likeness (QED) is 0.501. The SMILES string of the molecule is COc1ccc(Cl)c(OC)c1NC(=O)C(N=Nc1cccc(C)c1Cl)C(C)=O. The van der Waals surface area contributed by atoms with Gasteiger partial charge in [-0.25, -0.2) is 0 Å². The van der Waals surface area contributed by atoms with E-state index in [0.717, 1.165) is 5.56 Å². The molecule has 2 aromatic carbocycles. The maximum Gasteiger partial charge on any atom is 0.259 e. The molecule has 1 atom stereocenters. The molecule has 1 amide bonds. The second-order valence-electron chi connectivity index (χ2n) is 5.78. The van der Waals surface area contributed by atoms with Crippen molar-refractivity contribution in [1.82, 2.24) is 0 Å². The first-order valence-corrected chi connectivity index (χ1v) is 8.93. The summed E-state index contributed by atoms with van der Waals surface area (Å²) in [6.07, 6.45) is 0. The summed E-state index contributed by atoms with van der Waals surface area (Å²) in [5, 5.41) is 11.1. The van der Waals surface area contributed by atoms with Crippen LogP contribution in [-0.2, 0) is 9.59 Å². The van der Waals surface area contributed by atoms with Crippen molar-refractivity contribution in [1.29, 1.82) is 0 Å². The van der Waals surface area contributed by atoms with Crippen molar-refractivity contribution in [3.05, 3.63) is 45.9 Å². The highest BCUT2D eigenvalue weighted by atomic mass is 35.5. The number of rotatable bonds is 7. The normalized spacial score (nSPS) is 11.9. The number of methoxy groups -OCH3 is 2. The number of nitrogens with zero attached hydrogens (tertiary/aromatic N) is 2. The number of aryl methyl sites for hydroxylation is 1. The fraction of sp³-hybridized carbons (Fsp3) is 0.263. The number of ether oxygens (including phenoxy) is 2. The van der Waals surface area contributed by atoms with Crippen LogP contribution in [0.2, 0.25) is 10.0 Å². The van der Waals surface area contributed by atoms with Crippen LogP contribution >= 0.6 is 23.2 Å². The third-order valence-corrected chi connectivity index (χ3v) is 4.62. The van der Waals surface area contributed by atoms with Gasteiger partial charge in [-0.15, -0.1) is 0 Å². The number of anilines is 1. The Balaban J connectivity index is 2.35. The second kappa shape index (κ2) is 9.52. The third kappa shape index (κ3) is 4.79. The molecule has 28 heavy (non-hydrogen) atoms. The number of hydrogen-bond acceptors (Lipinski definition) is 6. The fourth-order valence-electron chi connectivity index (χ4n) is 2.37. The van der Waals surface area contributed by atoms with E-state index in [4.69, 9.17) is 32.7 Å². The van der Waals surface area contributed by atoms with Gasteiger partial charge < -0.3 is 14.8 Å². The van der Waals surface area contributed by atoms with Crippen molar-refractivity contribution in [2.24, 2.45) is 10.2 Å². The Kier molecular flexibility index (Phi) is 7.37. The zero-order valence-corrected chi connectivity index (χ0v) is 17.3. The highest BCUT2D eigenvalue weighted by Gasteiger charge is 2.26. The van der Waals surface area contributed by atoms with Crippen LogP contribution in [0.15, 0.2) is 40.6 Å². The van der Waals surface area contributed by atoms with Crippen molar-refractivity contribution in [2.45, 2.75) is 19.9 Å². The molecule has 1 N–H and O–H groups in total. The molecule has 0 aliphatic rings. The van der Waals surface area contributed by atoms with Gasteiger partial charge in [0.05, 0.1) is 24.3 Å². The van der Waals surface area contributed by atoms with E-state index in [0.29, 0.717) is 16.5 Å². The predicted octanol–water partition coefficient (Wildman–Crippen LogP) is 5.00. The Morgan fingerprint density at radius 2 is 1.82 bits per heavy atom. The monoisotopic (exact) mass is 423 g/mol. The number of azo groups is 1. The van der Waals surface area contributed by atoms with E-state index in [1.54, 1.807) is 24.3 Å². The van der Waals surface area contributed by atoms with E-state index in [-0.39, 0.29) is 16.5 Å². The Bertz CT molecular complexity index is 932. The molecule has 0 saturated heterocycles. The number of Topliss-reactive ketones (excluding diaryl/α,β-unsaturated/α-hetero) is 1. The lowest BCUT2D eigenvalue weighted by atomic mass is 10.2. The molecule has 0 radical (unpaired) electrons. The molecule has 148 valence electrons. The molecule has 0 saturated carbocycles. The number of amides is 1. The van der Waals surface area contributed by atoms with Gasteiger partial charge in [0.15, 0.2) is 11.5 Å². The molecule has 9 heteroatoms. The zero-order valence-electron chi connectivity index (χ0n) is 15.7. The molecule has 0 heterocycles. The van der Waals surface area contributed by atoms with Gasteiger partial charge in [0.1, 0.15) is 17.1 Å².